The Kier molecular flexibility index (Phi) is 3.94. The van der Waals surface area contributed by atoms with Crippen molar-refractivity contribution in [3.05, 3.63) is 53.1 Å². The minimum atomic E-state index is -0.230. The van der Waals surface area contributed by atoms with Crippen LogP contribution in [0.3, 0.4) is 0 Å². The van der Waals surface area contributed by atoms with Gasteiger partial charge in [-0.25, -0.2) is 0 Å². The van der Waals surface area contributed by atoms with Crippen molar-refractivity contribution in [2.45, 2.75) is 13.8 Å². The van der Waals surface area contributed by atoms with Crippen LogP contribution in [0, 0.1) is 13.8 Å². The average molecular weight is 270 g/mol. The summed E-state index contributed by atoms with van der Waals surface area (Å²) in [5.41, 5.74) is 9.54. The highest BCUT2D eigenvalue weighted by molar-refractivity contribution is 6.07. The van der Waals surface area contributed by atoms with Gasteiger partial charge in [0.25, 0.3) is 5.91 Å². The lowest BCUT2D eigenvalue weighted by atomic mass is 10.1. The Bertz CT molecular complexity index is 631. The Hall–Kier alpha value is -2.49. The van der Waals surface area contributed by atoms with Gasteiger partial charge in [0.2, 0.25) is 0 Å². The highest BCUT2D eigenvalue weighted by Crippen LogP contribution is 2.27. The summed E-state index contributed by atoms with van der Waals surface area (Å²) in [5, 5.41) is 2.92. The van der Waals surface area contributed by atoms with Gasteiger partial charge in [-0.3, -0.25) is 4.79 Å². The summed E-state index contributed by atoms with van der Waals surface area (Å²) in [5.74, 6) is 0.169. The van der Waals surface area contributed by atoms with E-state index in [1.807, 2.05) is 32.0 Å². The lowest BCUT2D eigenvalue weighted by molar-refractivity contribution is 0.102. The number of aryl methyl sites for hydroxylation is 2. The Morgan fingerprint density at radius 1 is 1.10 bits per heavy atom. The maximum atomic E-state index is 12.4. The molecule has 4 nitrogen and oxygen atoms in total. The second-order valence-electron chi connectivity index (χ2n) is 4.65. The molecule has 0 aliphatic rings. The number of amides is 1. The van der Waals surface area contributed by atoms with Crippen molar-refractivity contribution in [3.8, 4) is 5.75 Å². The molecule has 0 aromatic heterocycles. The molecule has 0 atom stereocenters. The van der Waals surface area contributed by atoms with Crippen LogP contribution in [-0.2, 0) is 0 Å². The van der Waals surface area contributed by atoms with Crippen molar-refractivity contribution in [3.63, 3.8) is 0 Å². The largest absolute Gasteiger partial charge is 0.494 e. The fourth-order valence-corrected chi connectivity index (χ4v) is 2.15. The normalized spacial score (nSPS) is 10.2. The summed E-state index contributed by atoms with van der Waals surface area (Å²) in [6.07, 6.45) is 0. The van der Waals surface area contributed by atoms with Gasteiger partial charge in [-0.05, 0) is 37.1 Å². The number of hydrogen-bond acceptors (Lipinski definition) is 3. The van der Waals surface area contributed by atoms with Crippen LogP contribution < -0.4 is 15.8 Å². The highest BCUT2D eigenvalue weighted by Gasteiger charge is 2.15. The molecule has 0 aliphatic carbocycles. The van der Waals surface area contributed by atoms with Crippen LogP contribution in [-0.4, -0.2) is 13.0 Å². The summed E-state index contributed by atoms with van der Waals surface area (Å²) in [6, 6.07) is 11.0. The molecule has 0 heterocycles. The van der Waals surface area contributed by atoms with Gasteiger partial charge in [0, 0.05) is 5.69 Å². The van der Waals surface area contributed by atoms with Crippen molar-refractivity contribution < 1.29 is 9.53 Å². The van der Waals surface area contributed by atoms with E-state index in [9.17, 15) is 4.79 Å². The van der Waals surface area contributed by atoms with E-state index in [2.05, 4.69) is 5.32 Å². The molecule has 104 valence electrons. The van der Waals surface area contributed by atoms with Crippen LogP contribution >= 0.6 is 0 Å². The standard InChI is InChI=1S/C16H18N2O2/c1-10-6-4-7-11(2)14(10)18-16(19)12-8-5-9-13(17)15(12)20-3/h4-9H,17H2,1-3H3,(H,18,19). The predicted octanol–water partition coefficient (Wildman–Crippen LogP) is 3.15. The monoisotopic (exact) mass is 270 g/mol. The molecular formula is C16H18N2O2. The van der Waals surface area contributed by atoms with Gasteiger partial charge in [-0.1, -0.05) is 24.3 Å². The van der Waals surface area contributed by atoms with Crippen molar-refractivity contribution in [1.29, 1.82) is 0 Å². The van der Waals surface area contributed by atoms with Crippen LogP contribution in [0.2, 0.25) is 0 Å². The number of hydrogen-bond donors (Lipinski definition) is 2. The molecular weight excluding hydrogens is 252 g/mol. The van der Waals surface area contributed by atoms with E-state index in [4.69, 9.17) is 10.5 Å². The molecule has 4 heteroatoms. The van der Waals surface area contributed by atoms with Gasteiger partial charge in [0.15, 0.2) is 5.75 Å². The second-order valence-corrected chi connectivity index (χ2v) is 4.65. The molecule has 20 heavy (non-hydrogen) atoms. The minimum absolute atomic E-state index is 0.230. The number of methoxy groups -OCH3 is 1. The van der Waals surface area contributed by atoms with Gasteiger partial charge >= 0.3 is 0 Å². The Morgan fingerprint density at radius 3 is 2.30 bits per heavy atom. The van der Waals surface area contributed by atoms with E-state index < -0.39 is 0 Å². The number of rotatable bonds is 3. The first-order chi connectivity index (χ1) is 9.54. The van der Waals surface area contributed by atoms with E-state index in [-0.39, 0.29) is 5.91 Å². The smallest absolute Gasteiger partial charge is 0.259 e. The summed E-state index contributed by atoms with van der Waals surface area (Å²) < 4.78 is 5.21. The summed E-state index contributed by atoms with van der Waals surface area (Å²) in [4.78, 5) is 12.4. The molecule has 0 unspecified atom stereocenters. The third-order valence-corrected chi connectivity index (χ3v) is 3.21. The van der Waals surface area contributed by atoms with Crippen LogP contribution in [0.5, 0.6) is 5.75 Å². The first-order valence-electron chi connectivity index (χ1n) is 6.34. The van der Waals surface area contributed by atoms with E-state index in [0.29, 0.717) is 17.0 Å². The minimum Gasteiger partial charge on any atom is -0.494 e. The molecule has 2 aromatic carbocycles. The fraction of sp³-hybridized carbons (Fsp3) is 0.188. The van der Waals surface area contributed by atoms with Crippen molar-refractivity contribution in [2.24, 2.45) is 0 Å². The van der Waals surface area contributed by atoms with Crippen LogP contribution in [0.25, 0.3) is 0 Å². The van der Waals surface area contributed by atoms with E-state index in [1.54, 1.807) is 18.2 Å². The first-order valence-corrected chi connectivity index (χ1v) is 6.34. The molecule has 0 aliphatic heterocycles. The van der Waals surface area contributed by atoms with Crippen LogP contribution in [0.4, 0.5) is 11.4 Å². The maximum Gasteiger partial charge on any atom is 0.259 e. The number of carbonyl (C=O) groups is 1. The second kappa shape index (κ2) is 5.65. The molecule has 0 saturated heterocycles. The molecule has 0 spiro atoms. The van der Waals surface area contributed by atoms with E-state index in [0.717, 1.165) is 16.8 Å². The first kappa shape index (κ1) is 13.9. The van der Waals surface area contributed by atoms with Crippen molar-refractivity contribution in [2.75, 3.05) is 18.2 Å². The van der Waals surface area contributed by atoms with E-state index in [1.165, 1.54) is 7.11 Å². The Labute approximate surface area is 118 Å². The third kappa shape index (κ3) is 2.59. The fourth-order valence-electron chi connectivity index (χ4n) is 2.15. The quantitative estimate of drug-likeness (QED) is 0.842. The molecule has 1 amide bonds. The zero-order chi connectivity index (χ0) is 14.7. The van der Waals surface area contributed by atoms with Gasteiger partial charge in [0.1, 0.15) is 0 Å². The zero-order valence-electron chi connectivity index (χ0n) is 11.9. The Morgan fingerprint density at radius 2 is 1.70 bits per heavy atom. The van der Waals surface area contributed by atoms with Gasteiger partial charge < -0.3 is 15.8 Å². The number of nitrogen functional groups attached to an aromatic ring is 1. The van der Waals surface area contributed by atoms with Gasteiger partial charge in [0.05, 0.1) is 18.4 Å². The van der Waals surface area contributed by atoms with Crippen LogP contribution in [0.1, 0.15) is 21.5 Å². The lowest BCUT2D eigenvalue weighted by Crippen LogP contribution is -2.15. The van der Waals surface area contributed by atoms with Gasteiger partial charge in [-0.15, -0.1) is 0 Å². The molecule has 2 aromatic rings. The molecule has 2 rings (SSSR count). The average Bonchev–Trinajstić information content (AvgIpc) is 2.42. The maximum absolute atomic E-state index is 12.4. The van der Waals surface area contributed by atoms with E-state index >= 15 is 0 Å². The number of para-hydroxylation sites is 2. The SMILES string of the molecule is COc1c(N)cccc1C(=O)Nc1c(C)cccc1C. The number of anilines is 2. The van der Waals surface area contributed by atoms with Crippen LogP contribution in [0.15, 0.2) is 36.4 Å². The number of nitrogens with two attached hydrogens (primary N) is 1. The predicted molar refractivity (Wildman–Crippen MR) is 81.3 cm³/mol. The van der Waals surface area contributed by atoms with Crippen molar-refractivity contribution >= 4 is 17.3 Å². The lowest BCUT2D eigenvalue weighted by Gasteiger charge is -2.14. The topological polar surface area (TPSA) is 64.3 Å². The molecule has 0 bridgehead atoms. The Balaban J connectivity index is 2.36. The number of carbonyl (C=O) groups excluding carboxylic acids is 1. The molecule has 3 N–H and O–H groups in total. The number of benzene rings is 2. The highest BCUT2D eigenvalue weighted by atomic mass is 16.5. The van der Waals surface area contributed by atoms with Crippen molar-refractivity contribution in [1.82, 2.24) is 0 Å². The summed E-state index contributed by atoms with van der Waals surface area (Å²) in [7, 11) is 1.50. The number of nitrogens with one attached hydrogen (secondary N) is 1. The molecule has 0 fully saturated rings. The number of ether oxygens (including phenoxy) is 1. The molecule has 0 saturated carbocycles. The summed E-state index contributed by atoms with van der Waals surface area (Å²) in [6.45, 7) is 3.92. The summed E-state index contributed by atoms with van der Waals surface area (Å²) >= 11 is 0. The third-order valence-electron chi connectivity index (χ3n) is 3.21. The van der Waals surface area contributed by atoms with Gasteiger partial charge in [-0.2, -0.15) is 0 Å². The zero-order valence-corrected chi connectivity index (χ0v) is 11.9. The molecule has 0 radical (unpaired) electrons.